The molecule has 10 heavy (non-hydrogen) atoms. The first-order valence-electron chi connectivity index (χ1n) is 3.38. The molecule has 0 aliphatic carbocycles. The smallest absolute Gasteiger partial charge is 0.156 e. The van der Waals surface area contributed by atoms with Crippen molar-refractivity contribution in [3.63, 3.8) is 0 Å². The van der Waals surface area contributed by atoms with E-state index in [9.17, 15) is 0 Å². The lowest BCUT2D eigenvalue weighted by atomic mass is 10.5. The van der Waals surface area contributed by atoms with Gasteiger partial charge in [-0.15, -0.1) is 0 Å². The molecule has 60 valence electrons. The van der Waals surface area contributed by atoms with Crippen molar-refractivity contribution in [1.29, 1.82) is 0 Å². The largest absolute Gasteiger partial charge is 0.485 e. The van der Waals surface area contributed by atoms with Crippen LogP contribution < -0.4 is 0 Å². The van der Waals surface area contributed by atoms with Crippen LogP contribution in [0.3, 0.4) is 0 Å². The summed E-state index contributed by atoms with van der Waals surface area (Å²) in [6, 6.07) is 0. The summed E-state index contributed by atoms with van der Waals surface area (Å²) < 4.78 is 10.2. The van der Waals surface area contributed by atoms with E-state index in [-0.39, 0.29) is 6.10 Å². The van der Waals surface area contributed by atoms with Gasteiger partial charge in [-0.05, 0) is 26.1 Å². The Morgan fingerprint density at radius 2 is 2.00 bits per heavy atom. The number of hydrogen-bond donors (Lipinski definition) is 0. The van der Waals surface area contributed by atoms with E-state index in [2.05, 4.69) is 0 Å². The van der Waals surface area contributed by atoms with Gasteiger partial charge in [0.15, 0.2) is 5.05 Å². The topological polar surface area (TPSA) is 18.5 Å². The van der Waals surface area contributed by atoms with E-state index >= 15 is 0 Å². The van der Waals surface area contributed by atoms with Crippen LogP contribution in [0.25, 0.3) is 0 Å². The van der Waals surface area contributed by atoms with Gasteiger partial charge in [0.25, 0.3) is 0 Å². The van der Waals surface area contributed by atoms with Gasteiger partial charge < -0.3 is 9.47 Å². The molecule has 0 fully saturated rings. The van der Waals surface area contributed by atoms with E-state index in [1.54, 1.807) is 6.92 Å². The second-order valence-corrected chi connectivity index (χ2v) is 2.83. The molecular formula is C7H14O2S. The molecule has 0 atom stereocenters. The monoisotopic (exact) mass is 162 g/mol. The zero-order chi connectivity index (χ0) is 7.98. The van der Waals surface area contributed by atoms with Gasteiger partial charge in [0.1, 0.15) is 6.61 Å². The van der Waals surface area contributed by atoms with Crippen molar-refractivity contribution >= 4 is 17.3 Å². The Labute approximate surface area is 67.5 Å². The Balaban J connectivity index is 2.98. The quantitative estimate of drug-likeness (QED) is 0.463. The van der Waals surface area contributed by atoms with Gasteiger partial charge in [-0.25, -0.2) is 0 Å². The van der Waals surface area contributed by atoms with Crippen LogP contribution >= 0.6 is 12.2 Å². The Morgan fingerprint density at radius 3 is 2.40 bits per heavy atom. The van der Waals surface area contributed by atoms with Crippen molar-refractivity contribution in [3.8, 4) is 0 Å². The summed E-state index contributed by atoms with van der Waals surface area (Å²) in [6.45, 7) is 6.92. The van der Waals surface area contributed by atoms with E-state index in [1.807, 2.05) is 13.8 Å². The SMILES string of the molecule is CC(=S)OCCOC(C)C. The minimum absolute atomic E-state index is 0.272. The third kappa shape index (κ3) is 7.85. The third-order valence-electron chi connectivity index (χ3n) is 0.840. The second-order valence-electron chi connectivity index (χ2n) is 2.26. The molecule has 0 N–H and O–H groups in total. The van der Waals surface area contributed by atoms with Crippen LogP contribution in [-0.4, -0.2) is 24.4 Å². The van der Waals surface area contributed by atoms with Crippen LogP contribution in [0.5, 0.6) is 0 Å². The highest BCUT2D eigenvalue weighted by Gasteiger charge is 1.92. The first-order valence-corrected chi connectivity index (χ1v) is 3.78. The first-order chi connectivity index (χ1) is 4.63. The van der Waals surface area contributed by atoms with Gasteiger partial charge in [-0.1, -0.05) is 0 Å². The maximum absolute atomic E-state index is 5.21. The van der Waals surface area contributed by atoms with Gasteiger partial charge in [0, 0.05) is 6.92 Å². The fourth-order valence-corrected chi connectivity index (χ4v) is 0.553. The minimum atomic E-state index is 0.272. The van der Waals surface area contributed by atoms with Crippen LogP contribution in [0.2, 0.25) is 0 Å². The van der Waals surface area contributed by atoms with E-state index in [0.717, 1.165) is 0 Å². The molecule has 0 saturated carbocycles. The van der Waals surface area contributed by atoms with Crippen molar-refractivity contribution in [2.75, 3.05) is 13.2 Å². The zero-order valence-corrected chi connectivity index (χ0v) is 7.53. The van der Waals surface area contributed by atoms with Gasteiger partial charge in [0.2, 0.25) is 0 Å². The number of hydrogen-bond acceptors (Lipinski definition) is 3. The molecule has 0 unspecified atom stereocenters. The zero-order valence-electron chi connectivity index (χ0n) is 6.72. The molecule has 0 spiro atoms. The Bertz CT molecular complexity index is 102. The van der Waals surface area contributed by atoms with Gasteiger partial charge >= 0.3 is 0 Å². The molecule has 0 bridgehead atoms. The average molecular weight is 162 g/mol. The average Bonchev–Trinajstić information content (AvgIpc) is 1.79. The van der Waals surface area contributed by atoms with E-state index in [1.165, 1.54) is 0 Å². The lowest BCUT2D eigenvalue weighted by molar-refractivity contribution is 0.0532. The number of ether oxygens (including phenoxy) is 2. The van der Waals surface area contributed by atoms with Crippen molar-refractivity contribution in [2.45, 2.75) is 26.9 Å². The van der Waals surface area contributed by atoms with E-state index < -0.39 is 0 Å². The molecule has 0 aliphatic heterocycles. The third-order valence-corrected chi connectivity index (χ3v) is 0.958. The van der Waals surface area contributed by atoms with Gasteiger partial charge in [0.05, 0.1) is 12.7 Å². The molecule has 0 aromatic carbocycles. The fraction of sp³-hybridized carbons (Fsp3) is 0.857. The highest BCUT2D eigenvalue weighted by molar-refractivity contribution is 7.80. The molecule has 3 heteroatoms. The van der Waals surface area contributed by atoms with Gasteiger partial charge in [-0.3, -0.25) is 0 Å². The first kappa shape index (κ1) is 9.85. The van der Waals surface area contributed by atoms with Crippen LogP contribution in [0.1, 0.15) is 20.8 Å². The molecule has 0 aromatic rings. The summed E-state index contributed by atoms with van der Waals surface area (Å²) in [7, 11) is 0. The molecule has 0 heterocycles. The molecule has 0 saturated heterocycles. The van der Waals surface area contributed by atoms with E-state index in [0.29, 0.717) is 18.3 Å². The Kier molecular flexibility index (Phi) is 5.54. The van der Waals surface area contributed by atoms with Crippen LogP contribution in [0, 0.1) is 0 Å². The van der Waals surface area contributed by atoms with Gasteiger partial charge in [-0.2, -0.15) is 0 Å². The molecular weight excluding hydrogens is 148 g/mol. The lowest BCUT2D eigenvalue weighted by Crippen LogP contribution is -2.10. The maximum Gasteiger partial charge on any atom is 0.156 e. The van der Waals surface area contributed by atoms with E-state index in [4.69, 9.17) is 21.7 Å². The summed E-state index contributed by atoms with van der Waals surface area (Å²) in [6.07, 6.45) is 0.272. The summed E-state index contributed by atoms with van der Waals surface area (Å²) >= 11 is 4.70. The number of thiocarbonyl (C=S) groups is 1. The van der Waals surface area contributed by atoms with Crippen LogP contribution in [0.15, 0.2) is 0 Å². The molecule has 0 radical (unpaired) electrons. The van der Waals surface area contributed by atoms with Crippen molar-refractivity contribution in [3.05, 3.63) is 0 Å². The fourth-order valence-electron chi connectivity index (χ4n) is 0.469. The standard InChI is InChI=1S/C7H14O2S/c1-6(2)8-4-5-9-7(3)10/h6H,4-5H2,1-3H3. The summed E-state index contributed by atoms with van der Waals surface area (Å²) in [5, 5.41) is 0.576. The molecule has 0 aromatic heterocycles. The molecule has 0 amide bonds. The molecule has 2 nitrogen and oxygen atoms in total. The predicted octanol–water partition coefficient (Wildman–Crippen LogP) is 1.78. The Hall–Kier alpha value is -0.150. The van der Waals surface area contributed by atoms with Crippen LogP contribution in [0.4, 0.5) is 0 Å². The van der Waals surface area contributed by atoms with Crippen molar-refractivity contribution in [1.82, 2.24) is 0 Å². The van der Waals surface area contributed by atoms with Crippen molar-refractivity contribution in [2.24, 2.45) is 0 Å². The number of rotatable bonds is 4. The minimum Gasteiger partial charge on any atom is -0.485 e. The maximum atomic E-state index is 5.21. The highest BCUT2D eigenvalue weighted by atomic mass is 32.1. The second kappa shape index (κ2) is 5.62. The van der Waals surface area contributed by atoms with Crippen molar-refractivity contribution < 1.29 is 9.47 Å². The summed E-state index contributed by atoms with van der Waals surface area (Å²) in [4.78, 5) is 0. The lowest BCUT2D eigenvalue weighted by Gasteiger charge is -2.07. The molecule has 0 rings (SSSR count). The normalized spacial score (nSPS) is 10.0. The van der Waals surface area contributed by atoms with Crippen LogP contribution in [-0.2, 0) is 9.47 Å². The predicted molar refractivity (Wildman–Crippen MR) is 45.3 cm³/mol. The summed E-state index contributed by atoms with van der Waals surface area (Å²) in [5.74, 6) is 0. The Morgan fingerprint density at radius 1 is 1.40 bits per heavy atom. The molecule has 0 aliphatic rings. The summed E-state index contributed by atoms with van der Waals surface area (Å²) in [5.41, 5.74) is 0. The highest BCUT2D eigenvalue weighted by Crippen LogP contribution is 1.87.